The zero-order chi connectivity index (χ0) is 21.7. The Morgan fingerprint density at radius 2 is 2.00 bits per heavy atom. The van der Waals surface area contributed by atoms with Gasteiger partial charge in [-0.05, 0) is 30.0 Å². The summed E-state index contributed by atoms with van der Waals surface area (Å²) in [7, 11) is 0. The van der Waals surface area contributed by atoms with Crippen molar-refractivity contribution in [3.8, 4) is 5.69 Å². The van der Waals surface area contributed by atoms with E-state index in [0.29, 0.717) is 18.4 Å². The van der Waals surface area contributed by atoms with E-state index in [1.54, 1.807) is 6.20 Å². The third-order valence-electron chi connectivity index (χ3n) is 6.71. The lowest BCUT2D eigenvalue weighted by Crippen LogP contribution is -2.76. The molecule has 4 aromatic rings. The van der Waals surface area contributed by atoms with Crippen LogP contribution in [0.2, 0.25) is 0 Å². The van der Waals surface area contributed by atoms with Gasteiger partial charge in [0.05, 0.1) is 17.4 Å². The standard InChI is InChI=1S/C23H27N9/c1-16(2)18-13-27-32-20(18)28-22(30-11-8-23(30)14-24-15-23)29-21(32)25-12-17-6-3-4-7-19(17)31-10-5-9-26-31/h3-7,9-10,13,16,24H,8,11-12,14-15H2,1-2H3,(H,25,28,29). The first-order valence-electron chi connectivity index (χ1n) is 11.2. The van der Waals surface area contributed by atoms with Crippen molar-refractivity contribution in [2.75, 3.05) is 29.9 Å². The molecular formula is C23H27N9. The Morgan fingerprint density at radius 1 is 1.12 bits per heavy atom. The molecule has 0 aliphatic carbocycles. The minimum Gasteiger partial charge on any atom is -0.350 e. The number of hydrogen-bond acceptors (Lipinski definition) is 7. The average molecular weight is 430 g/mol. The van der Waals surface area contributed by atoms with Crippen LogP contribution in [0.3, 0.4) is 0 Å². The number of aromatic nitrogens is 6. The second-order valence-electron chi connectivity index (χ2n) is 9.00. The van der Waals surface area contributed by atoms with Crippen LogP contribution < -0.4 is 15.5 Å². The minimum absolute atomic E-state index is 0.181. The summed E-state index contributed by atoms with van der Waals surface area (Å²) in [4.78, 5) is 12.2. The zero-order valence-corrected chi connectivity index (χ0v) is 18.4. The van der Waals surface area contributed by atoms with Crippen LogP contribution in [0.1, 0.15) is 37.3 Å². The molecule has 2 N–H and O–H groups in total. The molecule has 0 unspecified atom stereocenters. The Morgan fingerprint density at radius 3 is 2.69 bits per heavy atom. The Kier molecular flexibility index (Phi) is 4.39. The number of rotatable bonds is 6. The maximum absolute atomic E-state index is 4.96. The van der Waals surface area contributed by atoms with E-state index in [1.807, 2.05) is 39.8 Å². The van der Waals surface area contributed by atoms with Gasteiger partial charge in [-0.3, -0.25) is 0 Å². The fourth-order valence-corrected chi connectivity index (χ4v) is 4.63. The van der Waals surface area contributed by atoms with Crippen molar-refractivity contribution in [1.82, 2.24) is 34.7 Å². The molecule has 0 amide bonds. The van der Waals surface area contributed by atoms with Gasteiger partial charge in [0.25, 0.3) is 0 Å². The lowest BCUT2D eigenvalue weighted by molar-refractivity contribution is 0.176. The largest absolute Gasteiger partial charge is 0.350 e. The molecule has 9 nitrogen and oxygen atoms in total. The summed E-state index contributed by atoms with van der Waals surface area (Å²) >= 11 is 0. The maximum Gasteiger partial charge on any atom is 0.231 e. The monoisotopic (exact) mass is 429 g/mol. The molecule has 5 heterocycles. The van der Waals surface area contributed by atoms with E-state index in [4.69, 9.17) is 9.97 Å². The SMILES string of the molecule is CC(C)c1cnn2c(NCc3ccccc3-n3cccn3)nc(N3CCC34CNC4)nc12. The number of fused-ring (bicyclic) bond motifs is 1. The maximum atomic E-state index is 4.96. The summed E-state index contributed by atoms with van der Waals surface area (Å²) in [5, 5.41) is 16.0. The topological polar surface area (TPSA) is 88.2 Å². The number of nitrogens with one attached hydrogen (secondary N) is 2. The average Bonchev–Trinajstić information content (AvgIpc) is 3.40. The Bertz CT molecular complexity index is 1250. The van der Waals surface area contributed by atoms with Crippen LogP contribution in [0.4, 0.5) is 11.9 Å². The van der Waals surface area contributed by atoms with Gasteiger partial charge in [-0.25, -0.2) is 4.68 Å². The van der Waals surface area contributed by atoms with Gasteiger partial charge in [0.2, 0.25) is 11.9 Å². The molecule has 3 aromatic heterocycles. The van der Waals surface area contributed by atoms with Crippen LogP contribution in [-0.4, -0.2) is 54.5 Å². The van der Waals surface area contributed by atoms with Gasteiger partial charge in [-0.15, -0.1) is 0 Å². The molecule has 6 rings (SSSR count). The van der Waals surface area contributed by atoms with Crippen molar-refractivity contribution in [3.05, 3.63) is 60.0 Å². The van der Waals surface area contributed by atoms with E-state index in [9.17, 15) is 0 Å². The van der Waals surface area contributed by atoms with Crippen LogP contribution in [0.25, 0.3) is 11.3 Å². The lowest BCUT2D eigenvalue weighted by Gasteiger charge is -2.58. The first-order chi connectivity index (χ1) is 15.6. The van der Waals surface area contributed by atoms with Gasteiger partial charge in [0, 0.05) is 44.1 Å². The number of anilines is 2. The Balaban J connectivity index is 1.37. The normalized spacial score (nSPS) is 17.0. The van der Waals surface area contributed by atoms with Gasteiger partial charge < -0.3 is 15.5 Å². The van der Waals surface area contributed by atoms with Crippen LogP contribution >= 0.6 is 0 Å². The summed E-state index contributed by atoms with van der Waals surface area (Å²) < 4.78 is 3.72. The van der Waals surface area contributed by atoms with Gasteiger partial charge in [0.1, 0.15) is 0 Å². The molecule has 2 aliphatic heterocycles. The smallest absolute Gasteiger partial charge is 0.231 e. The van der Waals surface area contributed by atoms with Crippen LogP contribution in [-0.2, 0) is 6.54 Å². The Hall–Kier alpha value is -3.46. The molecule has 2 fully saturated rings. The fraction of sp³-hybridized carbons (Fsp3) is 0.391. The van der Waals surface area contributed by atoms with Crippen molar-refractivity contribution in [2.24, 2.45) is 0 Å². The second-order valence-corrected chi connectivity index (χ2v) is 9.00. The predicted molar refractivity (Wildman–Crippen MR) is 123 cm³/mol. The van der Waals surface area contributed by atoms with Crippen LogP contribution in [0.5, 0.6) is 0 Å². The van der Waals surface area contributed by atoms with Crippen LogP contribution in [0.15, 0.2) is 48.9 Å². The molecule has 0 bridgehead atoms. The first-order valence-corrected chi connectivity index (χ1v) is 11.2. The Labute approximate surface area is 186 Å². The van der Waals surface area contributed by atoms with Gasteiger partial charge in [-0.1, -0.05) is 32.0 Å². The van der Waals surface area contributed by atoms with Gasteiger partial charge >= 0.3 is 0 Å². The molecule has 0 atom stereocenters. The van der Waals surface area contributed by atoms with E-state index in [1.165, 1.54) is 6.42 Å². The highest BCUT2D eigenvalue weighted by molar-refractivity contribution is 5.58. The summed E-state index contributed by atoms with van der Waals surface area (Å²) in [5.41, 5.74) is 4.36. The van der Waals surface area contributed by atoms with E-state index in [2.05, 4.69) is 51.7 Å². The van der Waals surface area contributed by atoms with E-state index in [-0.39, 0.29) is 5.54 Å². The highest BCUT2D eigenvalue weighted by atomic mass is 15.4. The summed E-state index contributed by atoms with van der Waals surface area (Å²) in [6.45, 7) is 7.94. The summed E-state index contributed by atoms with van der Waals surface area (Å²) in [5.74, 6) is 1.83. The molecule has 32 heavy (non-hydrogen) atoms. The van der Waals surface area contributed by atoms with E-state index < -0.39 is 0 Å². The zero-order valence-electron chi connectivity index (χ0n) is 18.4. The minimum atomic E-state index is 0.181. The number of benzene rings is 1. The molecule has 1 aromatic carbocycles. The lowest BCUT2D eigenvalue weighted by atomic mass is 9.79. The van der Waals surface area contributed by atoms with Crippen LogP contribution in [0, 0.1) is 0 Å². The third kappa shape index (κ3) is 2.96. The molecular weight excluding hydrogens is 402 g/mol. The molecule has 2 saturated heterocycles. The molecule has 0 radical (unpaired) electrons. The van der Waals surface area contributed by atoms with Crippen molar-refractivity contribution in [3.63, 3.8) is 0 Å². The van der Waals surface area contributed by atoms with Crippen molar-refractivity contribution < 1.29 is 0 Å². The number of nitrogens with zero attached hydrogens (tertiary/aromatic N) is 7. The molecule has 9 heteroatoms. The second kappa shape index (κ2) is 7.30. The quantitative estimate of drug-likeness (QED) is 0.487. The molecule has 2 aliphatic rings. The first kappa shape index (κ1) is 19.2. The highest BCUT2D eigenvalue weighted by Crippen LogP contribution is 2.37. The van der Waals surface area contributed by atoms with E-state index in [0.717, 1.165) is 48.0 Å². The third-order valence-corrected chi connectivity index (χ3v) is 6.71. The number of hydrogen-bond donors (Lipinski definition) is 2. The summed E-state index contributed by atoms with van der Waals surface area (Å²) in [6.07, 6.45) is 6.85. The molecule has 1 spiro atoms. The predicted octanol–water partition coefficient (Wildman–Crippen LogP) is 2.60. The summed E-state index contributed by atoms with van der Waals surface area (Å²) in [6, 6.07) is 10.2. The van der Waals surface area contributed by atoms with Crippen molar-refractivity contribution in [1.29, 1.82) is 0 Å². The highest BCUT2D eigenvalue weighted by Gasteiger charge is 2.50. The number of para-hydroxylation sites is 1. The molecule has 0 saturated carbocycles. The molecule has 164 valence electrons. The van der Waals surface area contributed by atoms with Gasteiger partial charge in [-0.2, -0.15) is 24.7 Å². The fourth-order valence-electron chi connectivity index (χ4n) is 4.63. The van der Waals surface area contributed by atoms with E-state index >= 15 is 0 Å². The van der Waals surface area contributed by atoms with Gasteiger partial charge in [0.15, 0.2) is 5.65 Å². The van der Waals surface area contributed by atoms with Crippen molar-refractivity contribution in [2.45, 2.75) is 38.3 Å². The van der Waals surface area contributed by atoms with Crippen molar-refractivity contribution >= 4 is 17.5 Å².